The number of carbonyl (C=O) groups excluding carboxylic acids is 2. The lowest BCUT2D eigenvalue weighted by Gasteiger charge is -2.08. The molecular formula is C23H21NO5. The summed E-state index contributed by atoms with van der Waals surface area (Å²) in [5, 5.41) is 2.65. The van der Waals surface area contributed by atoms with Gasteiger partial charge in [-0.05, 0) is 54.1 Å². The van der Waals surface area contributed by atoms with Crippen LogP contribution in [-0.4, -0.2) is 25.6 Å². The summed E-state index contributed by atoms with van der Waals surface area (Å²) in [6.45, 7) is 0.0212. The molecule has 6 nitrogen and oxygen atoms in total. The number of esters is 1. The Bertz CT molecular complexity index is 937. The number of rotatable bonds is 8. The maximum atomic E-state index is 12.1. The third kappa shape index (κ3) is 6.10. The molecule has 0 bridgehead atoms. The summed E-state index contributed by atoms with van der Waals surface area (Å²) in [6.07, 6.45) is 0. The summed E-state index contributed by atoms with van der Waals surface area (Å²) in [7, 11) is 1.57. The number of hydrogen-bond donors (Lipinski definition) is 1. The molecule has 3 aromatic rings. The molecule has 148 valence electrons. The fourth-order valence-corrected chi connectivity index (χ4v) is 2.51. The van der Waals surface area contributed by atoms with Crippen LogP contribution in [0.2, 0.25) is 0 Å². The van der Waals surface area contributed by atoms with E-state index in [0.717, 1.165) is 11.3 Å². The van der Waals surface area contributed by atoms with Crippen molar-refractivity contribution in [1.29, 1.82) is 0 Å². The van der Waals surface area contributed by atoms with Gasteiger partial charge in [0.2, 0.25) is 0 Å². The molecule has 6 heteroatoms. The van der Waals surface area contributed by atoms with Crippen LogP contribution < -0.4 is 14.8 Å². The molecule has 0 unspecified atom stereocenters. The Balaban J connectivity index is 1.45. The molecule has 0 atom stereocenters. The standard InChI is InChI=1S/C23H21NO5/c1-27-20-13-11-19(12-14-20)24-22(25)16-29-23(26)18-9-7-17(8-10-18)15-28-21-5-3-2-4-6-21/h2-14H,15-16H2,1H3,(H,24,25). The summed E-state index contributed by atoms with van der Waals surface area (Å²) in [4.78, 5) is 24.1. The lowest BCUT2D eigenvalue weighted by Crippen LogP contribution is -2.20. The lowest BCUT2D eigenvalue weighted by atomic mass is 10.1. The van der Waals surface area contributed by atoms with Crippen LogP contribution in [-0.2, 0) is 16.1 Å². The number of ether oxygens (including phenoxy) is 3. The number of benzene rings is 3. The van der Waals surface area contributed by atoms with E-state index in [4.69, 9.17) is 14.2 Å². The monoisotopic (exact) mass is 391 g/mol. The molecule has 0 aliphatic heterocycles. The van der Waals surface area contributed by atoms with Crippen molar-refractivity contribution >= 4 is 17.6 Å². The van der Waals surface area contributed by atoms with Gasteiger partial charge in [0.1, 0.15) is 18.1 Å². The van der Waals surface area contributed by atoms with Gasteiger partial charge in [0, 0.05) is 5.69 Å². The van der Waals surface area contributed by atoms with E-state index in [1.807, 2.05) is 30.3 Å². The van der Waals surface area contributed by atoms with Crippen molar-refractivity contribution in [3.63, 3.8) is 0 Å². The minimum atomic E-state index is -0.564. The Hall–Kier alpha value is -3.80. The van der Waals surface area contributed by atoms with Crippen LogP contribution in [0, 0.1) is 0 Å². The fraction of sp³-hybridized carbons (Fsp3) is 0.130. The van der Waals surface area contributed by atoms with E-state index in [1.165, 1.54) is 0 Å². The number of para-hydroxylation sites is 1. The van der Waals surface area contributed by atoms with Gasteiger partial charge in [-0.15, -0.1) is 0 Å². The van der Waals surface area contributed by atoms with Crippen molar-refractivity contribution in [3.05, 3.63) is 90.0 Å². The van der Waals surface area contributed by atoms with Gasteiger partial charge >= 0.3 is 5.97 Å². The SMILES string of the molecule is COc1ccc(NC(=O)COC(=O)c2ccc(COc3ccccc3)cc2)cc1. The summed E-state index contributed by atoms with van der Waals surface area (Å²) in [5.41, 5.74) is 1.88. The Morgan fingerprint density at radius 3 is 2.17 bits per heavy atom. The molecule has 1 N–H and O–H groups in total. The molecule has 29 heavy (non-hydrogen) atoms. The number of amides is 1. The third-order valence-corrected chi connectivity index (χ3v) is 4.05. The number of methoxy groups -OCH3 is 1. The quantitative estimate of drug-likeness (QED) is 0.586. The summed E-state index contributed by atoms with van der Waals surface area (Å²) in [5.74, 6) is 0.479. The highest BCUT2D eigenvalue weighted by Crippen LogP contribution is 2.15. The second kappa shape index (κ2) is 9.94. The maximum absolute atomic E-state index is 12.1. The van der Waals surface area contributed by atoms with Crippen LogP contribution in [0.1, 0.15) is 15.9 Å². The highest BCUT2D eigenvalue weighted by atomic mass is 16.5. The highest BCUT2D eigenvalue weighted by molar-refractivity contribution is 5.95. The Kier molecular flexibility index (Phi) is 6.84. The summed E-state index contributed by atoms with van der Waals surface area (Å²) < 4.78 is 15.8. The zero-order valence-corrected chi connectivity index (χ0v) is 16.0. The molecule has 0 spiro atoms. The van der Waals surface area contributed by atoms with Gasteiger partial charge in [0.15, 0.2) is 6.61 Å². The molecule has 0 aromatic heterocycles. The molecule has 1 amide bonds. The third-order valence-electron chi connectivity index (χ3n) is 4.05. The topological polar surface area (TPSA) is 73.9 Å². The number of nitrogens with one attached hydrogen (secondary N) is 1. The summed E-state index contributed by atoms with van der Waals surface area (Å²) in [6, 6.07) is 23.2. The predicted octanol–water partition coefficient (Wildman–Crippen LogP) is 4.07. The molecular weight excluding hydrogens is 370 g/mol. The average molecular weight is 391 g/mol. The first-order valence-corrected chi connectivity index (χ1v) is 9.02. The smallest absolute Gasteiger partial charge is 0.338 e. The molecule has 0 saturated heterocycles. The van der Waals surface area contributed by atoms with E-state index in [1.54, 1.807) is 55.6 Å². The van der Waals surface area contributed by atoms with Crippen molar-refractivity contribution in [2.75, 3.05) is 19.0 Å². The molecule has 3 rings (SSSR count). The molecule has 0 aliphatic carbocycles. The van der Waals surface area contributed by atoms with Crippen molar-refractivity contribution in [2.24, 2.45) is 0 Å². The van der Waals surface area contributed by atoms with Crippen molar-refractivity contribution < 1.29 is 23.8 Å². The Morgan fingerprint density at radius 2 is 1.52 bits per heavy atom. The van der Waals surface area contributed by atoms with Crippen LogP contribution in [0.5, 0.6) is 11.5 Å². The van der Waals surface area contributed by atoms with Crippen LogP contribution >= 0.6 is 0 Å². The fourth-order valence-electron chi connectivity index (χ4n) is 2.51. The predicted molar refractivity (Wildman–Crippen MR) is 109 cm³/mol. The van der Waals surface area contributed by atoms with Gasteiger partial charge in [-0.25, -0.2) is 4.79 Å². The normalized spacial score (nSPS) is 10.1. The second-order valence-corrected chi connectivity index (χ2v) is 6.15. The first-order chi connectivity index (χ1) is 14.1. The first kappa shape index (κ1) is 19.9. The van der Waals surface area contributed by atoms with Gasteiger partial charge in [-0.3, -0.25) is 4.79 Å². The maximum Gasteiger partial charge on any atom is 0.338 e. The molecule has 3 aromatic carbocycles. The van der Waals surface area contributed by atoms with Crippen molar-refractivity contribution in [3.8, 4) is 11.5 Å². The van der Waals surface area contributed by atoms with E-state index in [2.05, 4.69) is 5.32 Å². The number of hydrogen-bond acceptors (Lipinski definition) is 5. The van der Waals surface area contributed by atoms with Crippen molar-refractivity contribution in [2.45, 2.75) is 6.61 Å². The Labute approximate surface area is 169 Å². The average Bonchev–Trinajstić information content (AvgIpc) is 2.77. The van der Waals surface area contributed by atoms with E-state index in [9.17, 15) is 9.59 Å². The lowest BCUT2D eigenvalue weighted by molar-refractivity contribution is -0.119. The van der Waals surface area contributed by atoms with Crippen LogP contribution in [0.25, 0.3) is 0 Å². The Morgan fingerprint density at radius 1 is 0.828 bits per heavy atom. The molecule has 0 heterocycles. The first-order valence-electron chi connectivity index (χ1n) is 9.02. The molecule has 0 fully saturated rings. The highest BCUT2D eigenvalue weighted by Gasteiger charge is 2.11. The minimum Gasteiger partial charge on any atom is -0.497 e. The van der Waals surface area contributed by atoms with Gasteiger partial charge < -0.3 is 19.5 Å². The largest absolute Gasteiger partial charge is 0.497 e. The van der Waals surface area contributed by atoms with Crippen LogP contribution in [0.4, 0.5) is 5.69 Å². The molecule has 0 saturated carbocycles. The summed E-state index contributed by atoms with van der Waals surface area (Å²) >= 11 is 0. The molecule has 0 aliphatic rings. The van der Waals surface area contributed by atoms with Gasteiger partial charge in [0.25, 0.3) is 5.91 Å². The van der Waals surface area contributed by atoms with Gasteiger partial charge in [-0.1, -0.05) is 30.3 Å². The zero-order valence-electron chi connectivity index (χ0n) is 16.0. The van der Waals surface area contributed by atoms with Gasteiger partial charge in [0.05, 0.1) is 12.7 Å². The number of carbonyl (C=O) groups is 2. The second-order valence-electron chi connectivity index (χ2n) is 6.15. The van der Waals surface area contributed by atoms with Crippen molar-refractivity contribution in [1.82, 2.24) is 0 Å². The van der Waals surface area contributed by atoms with Crippen LogP contribution in [0.15, 0.2) is 78.9 Å². The van der Waals surface area contributed by atoms with E-state index >= 15 is 0 Å². The minimum absolute atomic E-state index is 0.366. The van der Waals surface area contributed by atoms with E-state index < -0.39 is 11.9 Å². The molecule has 0 radical (unpaired) electrons. The van der Waals surface area contributed by atoms with Gasteiger partial charge in [-0.2, -0.15) is 0 Å². The number of anilines is 1. The van der Waals surface area contributed by atoms with E-state index in [-0.39, 0.29) is 6.61 Å². The zero-order chi connectivity index (χ0) is 20.5. The van der Waals surface area contributed by atoms with E-state index in [0.29, 0.717) is 23.6 Å². The van der Waals surface area contributed by atoms with Crippen LogP contribution in [0.3, 0.4) is 0 Å².